The van der Waals surface area contributed by atoms with Crippen LogP contribution in [-0.2, 0) is 13.0 Å². The molecule has 108 valence electrons. The Bertz CT molecular complexity index is 761. The summed E-state index contributed by atoms with van der Waals surface area (Å²) < 4.78 is 16.5. The van der Waals surface area contributed by atoms with E-state index in [1.807, 2.05) is 6.07 Å². The fourth-order valence-electron chi connectivity index (χ4n) is 2.64. The molecule has 0 bridgehead atoms. The van der Waals surface area contributed by atoms with Crippen molar-refractivity contribution in [3.63, 3.8) is 0 Å². The van der Waals surface area contributed by atoms with E-state index in [2.05, 4.69) is 4.98 Å². The Morgan fingerprint density at radius 2 is 1.86 bits per heavy atom. The average Bonchev–Trinajstić information content (AvgIpc) is 2.91. The third-order valence-corrected chi connectivity index (χ3v) is 3.77. The van der Waals surface area contributed by atoms with E-state index in [9.17, 15) is 0 Å². The number of pyridine rings is 1. The Morgan fingerprint density at radius 1 is 1.10 bits per heavy atom. The molecule has 2 aliphatic rings. The summed E-state index contributed by atoms with van der Waals surface area (Å²) in [7, 11) is 0. The van der Waals surface area contributed by atoms with Gasteiger partial charge in [0, 0.05) is 41.4 Å². The summed E-state index contributed by atoms with van der Waals surface area (Å²) in [6.07, 6.45) is 0.591. The number of ether oxygens (including phenoxy) is 3. The van der Waals surface area contributed by atoms with Crippen LogP contribution in [0.25, 0.3) is 0 Å². The Kier molecular flexibility index (Phi) is 2.40. The van der Waals surface area contributed by atoms with Gasteiger partial charge in [0.25, 0.3) is 0 Å². The standard InChI is InChI=1S/C14H14N4O3/c15-4-8-12(16)7-1-6-2-10-11(20-5-19-10)3-9(6)21-14(7)18-13(8)17/h2-3H,1,4-5,15H2,(H4,16,17,18). The van der Waals surface area contributed by atoms with Crippen molar-refractivity contribution in [2.75, 3.05) is 18.3 Å². The summed E-state index contributed by atoms with van der Waals surface area (Å²) >= 11 is 0. The van der Waals surface area contributed by atoms with Gasteiger partial charge in [-0.25, -0.2) is 0 Å². The van der Waals surface area contributed by atoms with Crippen LogP contribution in [0.3, 0.4) is 0 Å². The van der Waals surface area contributed by atoms with Gasteiger partial charge in [0.2, 0.25) is 12.7 Å². The van der Waals surface area contributed by atoms with Gasteiger partial charge in [-0.3, -0.25) is 0 Å². The fraction of sp³-hybridized carbons (Fsp3) is 0.214. The Labute approximate surface area is 120 Å². The molecule has 2 aromatic rings. The number of anilines is 2. The topological polar surface area (TPSA) is 119 Å². The van der Waals surface area contributed by atoms with Crippen LogP contribution in [0, 0.1) is 0 Å². The van der Waals surface area contributed by atoms with Crippen LogP contribution in [0.1, 0.15) is 16.7 Å². The molecule has 1 aromatic carbocycles. The van der Waals surface area contributed by atoms with E-state index in [1.165, 1.54) is 0 Å². The van der Waals surface area contributed by atoms with Crippen molar-refractivity contribution in [1.82, 2.24) is 4.98 Å². The highest BCUT2D eigenvalue weighted by Crippen LogP contribution is 2.45. The number of hydrogen-bond acceptors (Lipinski definition) is 7. The Hall–Kier alpha value is -2.67. The molecule has 0 saturated carbocycles. The van der Waals surface area contributed by atoms with Crippen molar-refractivity contribution in [2.24, 2.45) is 5.73 Å². The van der Waals surface area contributed by atoms with Crippen molar-refractivity contribution >= 4 is 11.5 Å². The summed E-state index contributed by atoms with van der Waals surface area (Å²) in [4.78, 5) is 4.26. The minimum atomic E-state index is 0.218. The molecule has 6 N–H and O–H groups in total. The molecule has 7 nitrogen and oxygen atoms in total. The van der Waals surface area contributed by atoms with Crippen LogP contribution < -0.4 is 31.4 Å². The van der Waals surface area contributed by atoms with Crippen LogP contribution in [-0.4, -0.2) is 11.8 Å². The maximum atomic E-state index is 6.15. The van der Waals surface area contributed by atoms with E-state index in [1.54, 1.807) is 6.07 Å². The molecule has 0 radical (unpaired) electrons. The second-order valence-corrected chi connectivity index (χ2v) is 4.97. The van der Waals surface area contributed by atoms with E-state index in [-0.39, 0.29) is 13.3 Å². The molecule has 21 heavy (non-hydrogen) atoms. The lowest BCUT2D eigenvalue weighted by Crippen LogP contribution is -2.14. The molecule has 0 fully saturated rings. The molecular formula is C14H14N4O3. The fourth-order valence-corrected chi connectivity index (χ4v) is 2.64. The molecule has 0 unspecified atom stereocenters. The van der Waals surface area contributed by atoms with Gasteiger partial charge in [-0.2, -0.15) is 4.98 Å². The Morgan fingerprint density at radius 3 is 2.62 bits per heavy atom. The van der Waals surface area contributed by atoms with Crippen LogP contribution >= 0.6 is 0 Å². The van der Waals surface area contributed by atoms with Crippen molar-refractivity contribution in [2.45, 2.75) is 13.0 Å². The van der Waals surface area contributed by atoms with Gasteiger partial charge in [-0.1, -0.05) is 0 Å². The molecule has 0 saturated heterocycles. The first kappa shape index (κ1) is 12.1. The van der Waals surface area contributed by atoms with E-state index in [0.29, 0.717) is 46.6 Å². The SMILES string of the molecule is NCc1c(N)nc2c(c1N)Cc1cc3c(cc1O2)OCO3. The van der Waals surface area contributed by atoms with E-state index < -0.39 is 0 Å². The lowest BCUT2D eigenvalue weighted by Gasteiger charge is -2.22. The first-order valence-electron chi connectivity index (χ1n) is 6.54. The van der Waals surface area contributed by atoms with Crippen molar-refractivity contribution < 1.29 is 14.2 Å². The van der Waals surface area contributed by atoms with E-state index in [0.717, 1.165) is 11.1 Å². The highest BCUT2D eigenvalue weighted by Gasteiger charge is 2.27. The van der Waals surface area contributed by atoms with Crippen LogP contribution in [0.2, 0.25) is 0 Å². The van der Waals surface area contributed by atoms with Gasteiger partial charge in [0.05, 0.1) is 0 Å². The summed E-state index contributed by atoms with van der Waals surface area (Å²) in [5.41, 5.74) is 20.7. The average molecular weight is 286 g/mol. The second-order valence-electron chi connectivity index (χ2n) is 4.97. The predicted molar refractivity (Wildman–Crippen MR) is 76.4 cm³/mol. The molecule has 3 heterocycles. The number of nitrogens with two attached hydrogens (primary N) is 3. The third-order valence-electron chi connectivity index (χ3n) is 3.77. The second kappa shape index (κ2) is 4.16. The molecule has 4 rings (SSSR count). The van der Waals surface area contributed by atoms with E-state index >= 15 is 0 Å². The first-order valence-corrected chi connectivity index (χ1v) is 6.54. The van der Waals surface area contributed by atoms with Crippen molar-refractivity contribution in [3.8, 4) is 23.1 Å². The van der Waals surface area contributed by atoms with Crippen molar-refractivity contribution in [1.29, 1.82) is 0 Å². The van der Waals surface area contributed by atoms with Gasteiger partial charge in [-0.05, 0) is 6.07 Å². The Balaban J connectivity index is 1.84. The summed E-state index contributed by atoms with van der Waals surface area (Å²) in [5, 5.41) is 0. The summed E-state index contributed by atoms with van der Waals surface area (Å²) in [6, 6.07) is 3.70. The predicted octanol–water partition coefficient (Wildman–Crippen LogP) is 1.13. The van der Waals surface area contributed by atoms with Gasteiger partial charge < -0.3 is 31.4 Å². The number of benzene rings is 1. The number of rotatable bonds is 1. The quantitative estimate of drug-likeness (QED) is 0.613. The summed E-state index contributed by atoms with van der Waals surface area (Å²) in [5.74, 6) is 2.78. The van der Waals surface area contributed by atoms with E-state index in [4.69, 9.17) is 31.4 Å². The van der Waals surface area contributed by atoms with Crippen LogP contribution in [0.4, 0.5) is 11.5 Å². The monoisotopic (exact) mass is 286 g/mol. The molecule has 0 spiro atoms. The minimum absolute atomic E-state index is 0.218. The maximum Gasteiger partial charge on any atom is 0.231 e. The van der Waals surface area contributed by atoms with Gasteiger partial charge >= 0.3 is 0 Å². The maximum absolute atomic E-state index is 6.15. The molecule has 1 aromatic heterocycles. The number of fused-ring (bicyclic) bond motifs is 3. The molecular weight excluding hydrogens is 272 g/mol. The molecule has 2 aliphatic heterocycles. The number of hydrogen-bond donors (Lipinski definition) is 3. The van der Waals surface area contributed by atoms with Crippen LogP contribution in [0.5, 0.6) is 23.1 Å². The molecule has 0 amide bonds. The third kappa shape index (κ3) is 1.67. The molecule has 7 heteroatoms. The highest BCUT2D eigenvalue weighted by molar-refractivity contribution is 5.69. The van der Waals surface area contributed by atoms with Crippen molar-refractivity contribution in [3.05, 3.63) is 28.8 Å². The molecule has 0 aliphatic carbocycles. The number of aromatic nitrogens is 1. The van der Waals surface area contributed by atoms with Gasteiger partial charge in [0.1, 0.15) is 11.6 Å². The lowest BCUT2D eigenvalue weighted by molar-refractivity contribution is 0.174. The zero-order valence-electron chi connectivity index (χ0n) is 11.2. The minimum Gasteiger partial charge on any atom is -0.454 e. The summed E-state index contributed by atoms with van der Waals surface area (Å²) in [6.45, 7) is 0.460. The molecule has 0 atom stereocenters. The number of nitrogen functional groups attached to an aromatic ring is 2. The largest absolute Gasteiger partial charge is 0.454 e. The lowest BCUT2D eigenvalue weighted by atomic mass is 9.98. The highest BCUT2D eigenvalue weighted by atomic mass is 16.7. The van der Waals surface area contributed by atoms with Crippen LogP contribution in [0.15, 0.2) is 12.1 Å². The first-order chi connectivity index (χ1) is 10.2. The van der Waals surface area contributed by atoms with Gasteiger partial charge in [0.15, 0.2) is 11.5 Å². The smallest absolute Gasteiger partial charge is 0.231 e. The zero-order valence-corrected chi connectivity index (χ0v) is 11.2. The zero-order chi connectivity index (χ0) is 14.6. The number of nitrogens with zero attached hydrogens (tertiary/aromatic N) is 1. The van der Waals surface area contributed by atoms with Gasteiger partial charge in [-0.15, -0.1) is 0 Å². The normalized spacial score (nSPS) is 14.3.